The molecule has 0 radical (unpaired) electrons. The van der Waals surface area contributed by atoms with Gasteiger partial charge in [0.2, 0.25) is 0 Å². The van der Waals surface area contributed by atoms with Gasteiger partial charge in [-0.05, 0) is 121 Å². The van der Waals surface area contributed by atoms with Gasteiger partial charge < -0.3 is 10.6 Å². The smallest absolute Gasteiger partial charge is 0.193 e. The van der Waals surface area contributed by atoms with Crippen molar-refractivity contribution in [2.45, 2.75) is 80.1 Å². The van der Waals surface area contributed by atoms with Gasteiger partial charge in [0.05, 0.1) is 10.8 Å². The zero-order chi connectivity index (χ0) is 45.0. The number of ketones is 3. The van der Waals surface area contributed by atoms with Gasteiger partial charge in [-0.15, -0.1) is 0 Å². The molecular weight excluding hydrogens is 785 g/mol. The van der Waals surface area contributed by atoms with Gasteiger partial charge in [-0.3, -0.25) is 14.4 Å². The largest absolute Gasteiger partial charge is 0.368 e. The van der Waals surface area contributed by atoms with Crippen LogP contribution in [0.2, 0.25) is 0 Å². The van der Waals surface area contributed by atoms with Crippen LogP contribution in [0.5, 0.6) is 0 Å². The molecule has 0 amide bonds. The molecule has 8 rings (SSSR count). The molecule has 4 aromatic rings. The average Bonchev–Trinajstić information content (AvgIpc) is 3.33. The summed E-state index contributed by atoms with van der Waals surface area (Å²) in [5, 5.41) is 6.75. The Morgan fingerprint density at radius 3 is 1.31 bits per heavy atom. The van der Waals surface area contributed by atoms with Gasteiger partial charge in [-0.1, -0.05) is 160 Å². The molecule has 4 atom stereocenters. The molecule has 4 unspecified atom stereocenters. The molecule has 2 N–H and O–H groups in total. The number of carbonyl (C=O) groups excluding carboxylic acids is 3. The highest BCUT2D eigenvalue weighted by Gasteiger charge is 2.57. The lowest BCUT2D eigenvalue weighted by atomic mass is 9.51. The van der Waals surface area contributed by atoms with Crippen molar-refractivity contribution in [2.24, 2.45) is 22.7 Å². The van der Waals surface area contributed by atoms with Crippen LogP contribution >= 0.6 is 0 Å². The van der Waals surface area contributed by atoms with E-state index in [9.17, 15) is 0 Å². The predicted octanol–water partition coefficient (Wildman–Crippen LogP) is 13.2. The Bertz CT molecular complexity index is 2550. The second-order valence-corrected chi connectivity index (χ2v) is 18.0. The van der Waals surface area contributed by atoms with E-state index in [1.54, 1.807) is 0 Å². The van der Waals surface area contributed by atoms with E-state index >= 15 is 14.4 Å². The molecule has 0 fully saturated rings. The third-order valence-corrected chi connectivity index (χ3v) is 14.2. The van der Waals surface area contributed by atoms with Crippen LogP contribution in [0.15, 0.2) is 181 Å². The molecule has 0 saturated carbocycles. The van der Waals surface area contributed by atoms with Crippen molar-refractivity contribution in [1.82, 2.24) is 10.6 Å². The summed E-state index contributed by atoms with van der Waals surface area (Å²) < 4.78 is 0. The Kier molecular flexibility index (Phi) is 12.8. The fourth-order valence-corrected chi connectivity index (χ4v) is 10.7. The van der Waals surface area contributed by atoms with Crippen LogP contribution in [0.4, 0.5) is 0 Å². The molecule has 4 aliphatic rings. The number of rotatable bonds is 14. The van der Waals surface area contributed by atoms with E-state index in [1.807, 2.05) is 73.1 Å². The summed E-state index contributed by atoms with van der Waals surface area (Å²) in [6, 6.07) is 31.4. The molecule has 5 heteroatoms. The quantitative estimate of drug-likeness (QED) is 0.124. The van der Waals surface area contributed by atoms with E-state index in [-0.39, 0.29) is 17.3 Å². The zero-order valence-corrected chi connectivity index (χ0v) is 38.1. The standard InChI is InChI=1S/C59H60N2O3/c1-7-29-58(35-51(55(62)43-21-11-9-12-22-43)49(47-27-15-19-39(3)41(47)5)33-53(58)45-25-17-31-60-37-45)57(64)59(30-8-2)36-52(56(63)44-23-13-10-14-24-44)50(48-28-16-20-40(4)42(48)6)34-54(59)46-26-18-32-61-38-46/h9-24,27-28,31-38,53-54,60-61H,7-8,25-26,29-30H2,1-6H3. The van der Waals surface area contributed by atoms with Crippen molar-refractivity contribution in [3.8, 4) is 0 Å². The van der Waals surface area contributed by atoms with E-state index < -0.39 is 22.7 Å². The number of carbonyl (C=O) groups is 3. The van der Waals surface area contributed by atoms with Gasteiger partial charge in [-0.2, -0.15) is 0 Å². The lowest BCUT2D eigenvalue weighted by molar-refractivity contribution is -0.138. The average molecular weight is 845 g/mol. The van der Waals surface area contributed by atoms with Gasteiger partial charge in [0.1, 0.15) is 0 Å². The highest BCUT2D eigenvalue weighted by molar-refractivity contribution is 6.22. The van der Waals surface area contributed by atoms with Gasteiger partial charge in [-0.25, -0.2) is 0 Å². The maximum absolute atomic E-state index is 17.3. The summed E-state index contributed by atoms with van der Waals surface area (Å²) in [5.74, 6) is -1.00. The number of hydrogen-bond acceptors (Lipinski definition) is 5. The van der Waals surface area contributed by atoms with Crippen LogP contribution in [0.25, 0.3) is 11.1 Å². The monoisotopic (exact) mass is 844 g/mol. The van der Waals surface area contributed by atoms with E-state index in [2.05, 4.69) is 137 Å². The van der Waals surface area contributed by atoms with E-state index in [1.165, 1.54) is 0 Å². The molecule has 2 aliphatic carbocycles. The van der Waals surface area contributed by atoms with E-state index in [4.69, 9.17) is 0 Å². The SMILES string of the molecule is CCCC1(C(=O)C2(CCC)C=C(C(=O)c3ccccc3)C(c3cccc(C)c3C)=CC2C2=CNC=CC2)C=C(C(=O)c2ccccc2)C(c2cccc(C)c2C)=CC1C1=CNC=CC1. The molecule has 5 nitrogen and oxygen atoms in total. The second-order valence-electron chi connectivity index (χ2n) is 18.0. The summed E-state index contributed by atoms with van der Waals surface area (Å²) in [4.78, 5) is 47.9. The van der Waals surface area contributed by atoms with Gasteiger partial charge in [0.15, 0.2) is 17.3 Å². The molecule has 0 saturated heterocycles. The van der Waals surface area contributed by atoms with Crippen molar-refractivity contribution in [1.29, 1.82) is 0 Å². The minimum absolute atomic E-state index is 0.0360. The molecule has 0 bridgehead atoms. The molecule has 324 valence electrons. The van der Waals surface area contributed by atoms with Gasteiger partial charge in [0, 0.05) is 46.5 Å². The van der Waals surface area contributed by atoms with Crippen molar-refractivity contribution in [3.63, 3.8) is 0 Å². The Labute approximate surface area is 379 Å². The minimum Gasteiger partial charge on any atom is -0.368 e. The molecule has 0 aromatic heterocycles. The van der Waals surface area contributed by atoms with Crippen LogP contribution in [-0.2, 0) is 4.79 Å². The van der Waals surface area contributed by atoms with Crippen molar-refractivity contribution in [2.75, 3.05) is 0 Å². The normalized spacial score (nSPS) is 22.7. The molecule has 4 aromatic carbocycles. The zero-order valence-electron chi connectivity index (χ0n) is 38.1. The Morgan fingerprint density at radius 2 is 0.953 bits per heavy atom. The van der Waals surface area contributed by atoms with Crippen molar-refractivity contribution >= 4 is 28.5 Å². The first-order valence-corrected chi connectivity index (χ1v) is 23.0. The van der Waals surface area contributed by atoms with Gasteiger partial charge >= 0.3 is 0 Å². The lowest BCUT2D eigenvalue weighted by Crippen LogP contribution is -2.52. The number of hydrogen-bond donors (Lipinski definition) is 2. The summed E-state index contributed by atoms with van der Waals surface area (Å²) in [5.41, 5.74) is 10.1. The van der Waals surface area contributed by atoms with Crippen LogP contribution in [0.3, 0.4) is 0 Å². The number of aryl methyl sites for hydroxylation is 2. The first kappa shape index (κ1) is 44.0. The maximum Gasteiger partial charge on any atom is 0.193 e. The Balaban J connectivity index is 1.46. The maximum atomic E-state index is 17.3. The number of nitrogens with one attached hydrogen (secondary N) is 2. The molecule has 64 heavy (non-hydrogen) atoms. The Hall–Kier alpha value is -6.59. The third-order valence-electron chi connectivity index (χ3n) is 14.2. The summed E-state index contributed by atoms with van der Waals surface area (Å²) in [7, 11) is 0. The molecule has 2 aliphatic heterocycles. The van der Waals surface area contributed by atoms with Crippen molar-refractivity contribution in [3.05, 3.63) is 225 Å². The Morgan fingerprint density at radius 1 is 0.547 bits per heavy atom. The minimum atomic E-state index is -1.18. The predicted molar refractivity (Wildman–Crippen MR) is 262 cm³/mol. The summed E-state index contributed by atoms with van der Waals surface area (Å²) >= 11 is 0. The highest BCUT2D eigenvalue weighted by atomic mass is 16.1. The first-order chi connectivity index (χ1) is 31.0. The summed E-state index contributed by atoms with van der Waals surface area (Å²) in [6.07, 6.45) is 24.6. The number of Topliss-reactive ketones (excluding diaryl/α,β-unsaturated/α-hetero) is 3. The second kappa shape index (κ2) is 18.6. The fourth-order valence-electron chi connectivity index (χ4n) is 10.7. The van der Waals surface area contributed by atoms with Crippen molar-refractivity contribution < 1.29 is 14.4 Å². The fraction of sp³-hybridized carbons (Fsp3) is 0.271. The lowest BCUT2D eigenvalue weighted by Gasteiger charge is -2.50. The number of benzene rings is 4. The van der Waals surface area contributed by atoms with Crippen LogP contribution < -0.4 is 10.6 Å². The van der Waals surface area contributed by atoms with Gasteiger partial charge in [0.25, 0.3) is 0 Å². The van der Waals surface area contributed by atoms with Crippen LogP contribution in [-0.4, -0.2) is 17.3 Å². The number of allylic oxidation sites excluding steroid dienone is 12. The molecular formula is C59H60N2O3. The topological polar surface area (TPSA) is 75.3 Å². The number of dihydropyridines is 2. The van der Waals surface area contributed by atoms with E-state index in [0.29, 0.717) is 60.8 Å². The third kappa shape index (κ3) is 7.98. The van der Waals surface area contributed by atoms with Crippen LogP contribution in [0.1, 0.15) is 106 Å². The van der Waals surface area contributed by atoms with E-state index in [0.717, 1.165) is 55.7 Å². The molecule has 2 heterocycles. The first-order valence-electron chi connectivity index (χ1n) is 23.0. The highest BCUT2D eigenvalue weighted by Crippen LogP contribution is 2.59. The van der Waals surface area contributed by atoms with Crippen LogP contribution in [0, 0.1) is 50.4 Å². The molecule has 0 spiro atoms. The summed E-state index contributed by atoms with van der Waals surface area (Å²) in [6.45, 7) is 12.7.